The van der Waals surface area contributed by atoms with Gasteiger partial charge in [0.1, 0.15) is 11.2 Å². The van der Waals surface area contributed by atoms with Crippen LogP contribution in [-0.4, -0.2) is 20.8 Å². The molecule has 2 heterocycles. The summed E-state index contributed by atoms with van der Waals surface area (Å²) in [5.74, 6) is 0. The number of hydrogen-bond acceptors (Lipinski definition) is 6. The number of nitrogens with zero attached hydrogens (tertiary/aromatic N) is 4. The van der Waals surface area contributed by atoms with Crippen LogP contribution in [0.25, 0.3) is 10.2 Å². The topological polar surface area (TPSA) is 90.4 Å². The number of non-ortho nitro benzene ring substituents is 1. The van der Waals surface area contributed by atoms with Gasteiger partial charge in [-0.1, -0.05) is 12.1 Å². The molecule has 0 atom stereocenters. The SMILES string of the molecule is Cc1sc2ncn(N=Cc3cccc([N+](=O)[O-])c3)c(=O)c2c1C. The lowest BCUT2D eigenvalue weighted by atomic mass is 10.2. The fourth-order valence-electron chi connectivity index (χ4n) is 2.16. The van der Waals surface area contributed by atoms with Crippen molar-refractivity contribution in [3.63, 3.8) is 0 Å². The Balaban J connectivity index is 2.03. The molecule has 0 bridgehead atoms. The van der Waals surface area contributed by atoms with E-state index >= 15 is 0 Å². The van der Waals surface area contributed by atoms with Gasteiger partial charge in [-0.15, -0.1) is 11.3 Å². The van der Waals surface area contributed by atoms with Gasteiger partial charge in [0.15, 0.2) is 0 Å². The van der Waals surface area contributed by atoms with Gasteiger partial charge in [0.25, 0.3) is 11.2 Å². The van der Waals surface area contributed by atoms with Crippen molar-refractivity contribution in [2.24, 2.45) is 5.10 Å². The number of nitro benzene ring substituents is 1. The molecular weight excluding hydrogens is 316 g/mol. The summed E-state index contributed by atoms with van der Waals surface area (Å²) in [6, 6.07) is 6.03. The number of thiophene rings is 1. The molecule has 8 heteroatoms. The maximum atomic E-state index is 12.5. The molecule has 0 aliphatic rings. The van der Waals surface area contributed by atoms with E-state index in [2.05, 4.69) is 10.1 Å². The molecule has 23 heavy (non-hydrogen) atoms. The van der Waals surface area contributed by atoms with Crippen LogP contribution in [0.4, 0.5) is 5.69 Å². The van der Waals surface area contributed by atoms with E-state index in [4.69, 9.17) is 0 Å². The zero-order valence-corrected chi connectivity index (χ0v) is 13.2. The molecule has 0 radical (unpaired) electrons. The van der Waals surface area contributed by atoms with E-state index in [9.17, 15) is 14.9 Å². The van der Waals surface area contributed by atoms with Crippen LogP contribution in [0.3, 0.4) is 0 Å². The Kier molecular flexibility index (Phi) is 3.75. The zero-order valence-electron chi connectivity index (χ0n) is 12.4. The Morgan fingerprint density at radius 1 is 1.39 bits per heavy atom. The number of benzene rings is 1. The van der Waals surface area contributed by atoms with Crippen molar-refractivity contribution in [2.45, 2.75) is 13.8 Å². The molecule has 0 aliphatic heterocycles. The molecule has 0 fully saturated rings. The van der Waals surface area contributed by atoms with Gasteiger partial charge in [0.2, 0.25) is 0 Å². The van der Waals surface area contributed by atoms with Crippen molar-refractivity contribution in [3.8, 4) is 0 Å². The summed E-state index contributed by atoms with van der Waals surface area (Å²) < 4.78 is 1.14. The molecule has 3 rings (SSSR count). The van der Waals surface area contributed by atoms with E-state index in [1.54, 1.807) is 12.1 Å². The van der Waals surface area contributed by atoms with Crippen LogP contribution in [0.15, 0.2) is 40.5 Å². The minimum atomic E-state index is -0.478. The zero-order chi connectivity index (χ0) is 16.6. The Morgan fingerprint density at radius 2 is 2.17 bits per heavy atom. The van der Waals surface area contributed by atoms with Gasteiger partial charge < -0.3 is 0 Å². The molecule has 0 aliphatic carbocycles. The average Bonchev–Trinajstić information content (AvgIpc) is 2.82. The van der Waals surface area contributed by atoms with Crippen LogP contribution in [0.5, 0.6) is 0 Å². The third-order valence-electron chi connectivity index (χ3n) is 3.49. The lowest BCUT2D eigenvalue weighted by Crippen LogP contribution is -2.16. The van der Waals surface area contributed by atoms with Gasteiger partial charge in [0, 0.05) is 22.6 Å². The number of aromatic nitrogens is 2. The van der Waals surface area contributed by atoms with Crippen molar-refractivity contribution in [1.29, 1.82) is 0 Å². The molecule has 0 N–H and O–H groups in total. The van der Waals surface area contributed by atoms with Gasteiger partial charge in [0.05, 0.1) is 16.5 Å². The van der Waals surface area contributed by atoms with Gasteiger partial charge in [-0.2, -0.15) is 9.78 Å². The summed E-state index contributed by atoms with van der Waals surface area (Å²) in [4.78, 5) is 28.7. The highest BCUT2D eigenvalue weighted by Gasteiger charge is 2.11. The van der Waals surface area contributed by atoms with Crippen molar-refractivity contribution in [2.75, 3.05) is 0 Å². The summed E-state index contributed by atoms with van der Waals surface area (Å²) in [6.45, 7) is 3.82. The highest BCUT2D eigenvalue weighted by molar-refractivity contribution is 7.18. The average molecular weight is 328 g/mol. The third-order valence-corrected chi connectivity index (χ3v) is 4.60. The number of fused-ring (bicyclic) bond motifs is 1. The molecule has 1 aromatic carbocycles. The number of rotatable bonds is 3. The Morgan fingerprint density at radius 3 is 2.91 bits per heavy atom. The fourth-order valence-corrected chi connectivity index (χ4v) is 3.14. The van der Waals surface area contributed by atoms with Crippen LogP contribution in [0.1, 0.15) is 16.0 Å². The van der Waals surface area contributed by atoms with Crippen molar-refractivity contribution < 1.29 is 4.92 Å². The highest BCUT2D eigenvalue weighted by atomic mass is 32.1. The van der Waals surface area contributed by atoms with Crippen molar-refractivity contribution in [3.05, 3.63) is 67.1 Å². The van der Waals surface area contributed by atoms with E-state index in [0.717, 1.165) is 15.1 Å². The molecule has 7 nitrogen and oxygen atoms in total. The summed E-state index contributed by atoms with van der Waals surface area (Å²) in [5, 5.41) is 15.4. The lowest BCUT2D eigenvalue weighted by molar-refractivity contribution is -0.384. The summed E-state index contributed by atoms with van der Waals surface area (Å²) in [5.41, 5.74) is 1.16. The predicted octanol–water partition coefficient (Wildman–Crippen LogP) is 2.87. The summed E-state index contributed by atoms with van der Waals surface area (Å²) in [6.07, 6.45) is 2.75. The number of aryl methyl sites for hydroxylation is 2. The van der Waals surface area contributed by atoms with E-state index < -0.39 is 4.92 Å². The van der Waals surface area contributed by atoms with E-state index in [1.807, 2.05) is 13.8 Å². The van der Waals surface area contributed by atoms with Gasteiger partial charge in [-0.25, -0.2) is 4.98 Å². The number of hydrogen-bond donors (Lipinski definition) is 0. The summed E-state index contributed by atoms with van der Waals surface area (Å²) >= 11 is 1.47. The van der Waals surface area contributed by atoms with Gasteiger partial charge >= 0.3 is 0 Å². The standard InChI is InChI=1S/C15H12N4O3S/c1-9-10(2)23-14-13(9)15(20)18(8-16-14)17-7-11-4-3-5-12(6-11)19(21)22/h3-8H,1-2H3. The normalized spacial score (nSPS) is 11.4. The molecule has 0 spiro atoms. The van der Waals surface area contributed by atoms with E-state index in [1.165, 1.54) is 36.0 Å². The molecule has 2 aromatic heterocycles. The molecular formula is C15H12N4O3S. The summed E-state index contributed by atoms with van der Waals surface area (Å²) in [7, 11) is 0. The first-order chi connectivity index (χ1) is 11.0. The van der Waals surface area contributed by atoms with Crippen LogP contribution in [0.2, 0.25) is 0 Å². The fraction of sp³-hybridized carbons (Fsp3) is 0.133. The quantitative estimate of drug-likeness (QED) is 0.420. The second-order valence-corrected chi connectivity index (χ2v) is 6.16. The molecule has 0 unspecified atom stereocenters. The van der Waals surface area contributed by atoms with Crippen molar-refractivity contribution in [1.82, 2.24) is 9.66 Å². The van der Waals surface area contributed by atoms with Gasteiger partial charge in [-0.05, 0) is 19.4 Å². The Bertz CT molecular complexity index is 1000. The van der Waals surface area contributed by atoms with Crippen LogP contribution < -0.4 is 5.56 Å². The second-order valence-electron chi connectivity index (χ2n) is 4.95. The molecule has 0 amide bonds. The minimum absolute atomic E-state index is 0.0285. The Labute approximate surface area is 134 Å². The first-order valence-corrected chi connectivity index (χ1v) is 7.55. The molecule has 0 saturated carbocycles. The van der Waals surface area contributed by atoms with Crippen LogP contribution in [-0.2, 0) is 0 Å². The van der Waals surface area contributed by atoms with E-state index in [0.29, 0.717) is 15.8 Å². The first-order valence-electron chi connectivity index (χ1n) is 6.73. The largest absolute Gasteiger partial charge is 0.282 e. The maximum absolute atomic E-state index is 12.5. The molecule has 3 aromatic rings. The maximum Gasteiger partial charge on any atom is 0.282 e. The van der Waals surface area contributed by atoms with Gasteiger partial charge in [-0.3, -0.25) is 14.9 Å². The van der Waals surface area contributed by atoms with Crippen LogP contribution >= 0.6 is 11.3 Å². The highest BCUT2D eigenvalue weighted by Crippen LogP contribution is 2.25. The number of nitro groups is 1. The van der Waals surface area contributed by atoms with E-state index in [-0.39, 0.29) is 11.2 Å². The third kappa shape index (κ3) is 2.76. The van der Waals surface area contributed by atoms with Crippen molar-refractivity contribution >= 4 is 33.5 Å². The monoisotopic (exact) mass is 328 g/mol. The minimum Gasteiger partial charge on any atom is -0.267 e. The second kappa shape index (κ2) is 5.73. The molecule has 116 valence electrons. The van der Waals surface area contributed by atoms with Crippen LogP contribution in [0, 0.1) is 24.0 Å². The predicted molar refractivity (Wildman–Crippen MR) is 89.4 cm³/mol. The first kappa shape index (κ1) is 15.0. The lowest BCUT2D eigenvalue weighted by Gasteiger charge is -1.98. The Hall–Kier alpha value is -2.87. The molecule has 0 saturated heterocycles. The smallest absolute Gasteiger partial charge is 0.267 e.